The number of Topliss-reactive ketones (excluding diaryl/α,β-unsaturated/α-hetero) is 1. The predicted octanol–water partition coefficient (Wildman–Crippen LogP) is 2.82. The fourth-order valence-electron chi connectivity index (χ4n) is 5.20. The Morgan fingerprint density at radius 3 is 2.25 bits per heavy atom. The van der Waals surface area contributed by atoms with Crippen LogP contribution >= 0.6 is 23.2 Å². The Balaban J connectivity index is 1.41. The topological polar surface area (TPSA) is 130 Å². The number of hydrogen-bond acceptors (Lipinski definition) is 6. The molecule has 212 valence electrons. The molecule has 0 bridgehead atoms. The number of likely N-dealkylation sites (tertiary alicyclic amines) is 1. The van der Waals surface area contributed by atoms with Crippen molar-refractivity contribution in [1.29, 1.82) is 0 Å². The molecule has 12 heteroatoms. The van der Waals surface area contributed by atoms with Crippen LogP contribution < -0.4 is 10.6 Å². The first-order chi connectivity index (χ1) is 18.9. The highest BCUT2D eigenvalue weighted by molar-refractivity contribution is 7.92. The molecule has 3 amide bonds. The molecule has 1 heterocycles. The second-order valence-corrected chi connectivity index (χ2v) is 13.8. The van der Waals surface area contributed by atoms with Gasteiger partial charge in [-0.1, -0.05) is 47.5 Å². The lowest BCUT2D eigenvalue weighted by atomic mass is 9.94. The van der Waals surface area contributed by atoms with Crippen molar-refractivity contribution in [3.05, 3.63) is 64.1 Å². The first-order valence-corrected chi connectivity index (χ1v) is 15.4. The van der Waals surface area contributed by atoms with Gasteiger partial charge in [0.1, 0.15) is 6.04 Å². The van der Waals surface area contributed by atoms with Crippen molar-refractivity contribution >= 4 is 56.5 Å². The van der Waals surface area contributed by atoms with Crippen LogP contribution in [-0.2, 0) is 34.4 Å². The summed E-state index contributed by atoms with van der Waals surface area (Å²) in [6.45, 7) is 1.17. The molecule has 2 N–H and O–H groups in total. The molecule has 1 saturated heterocycles. The summed E-state index contributed by atoms with van der Waals surface area (Å²) in [5.74, 6) is -2.65. The van der Waals surface area contributed by atoms with Crippen molar-refractivity contribution in [1.82, 2.24) is 15.5 Å². The van der Waals surface area contributed by atoms with Crippen LogP contribution in [0.3, 0.4) is 0 Å². The summed E-state index contributed by atoms with van der Waals surface area (Å²) in [6, 6.07) is 10.6. The van der Waals surface area contributed by atoms with Gasteiger partial charge in [-0.2, -0.15) is 0 Å². The van der Waals surface area contributed by atoms with Crippen molar-refractivity contribution in [2.24, 2.45) is 0 Å². The third kappa shape index (κ3) is 5.49. The summed E-state index contributed by atoms with van der Waals surface area (Å²) in [4.78, 5) is 53.6. The fraction of sp³-hybridized carbons (Fsp3) is 0.429. The standard InChI is InChI=1S/C28H29Cl2N3O6S/c1-16(24(34)26(36)32-19-10-11-19)31-25(35)22-14-20(40(38,39)23-5-3-2-4-21(23)30)15-33(22)27(37)28(12-13-28)17-6-8-18(29)9-7-17/h2-9,16,19-20,22H,10-15H2,1H3,(H,31,35)(H,32,36)/t16?,20-,22+/m1/s1. The molecule has 0 aromatic heterocycles. The summed E-state index contributed by atoms with van der Waals surface area (Å²) in [5, 5.41) is 4.61. The fourth-order valence-corrected chi connectivity index (χ4v) is 7.55. The Labute approximate surface area is 242 Å². The molecule has 0 spiro atoms. The van der Waals surface area contributed by atoms with Gasteiger partial charge in [0, 0.05) is 17.6 Å². The minimum atomic E-state index is -4.02. The molecular weight excluding hydrogens is 577 g/mol. The van der Waals surface area contributed by atoms with Crippen molar-refractivity contribution in [3.63, 3.8) is 0 Å². The second-order valence-electron chi connectivity index (χ2n) is 10.7. The molecule has 3 fully saturated rings. The number of nitrogens with one attached hydrogen (secondary N) is 2. The molecular formula is C28H29Cl2N3O6S. The molecule has 5 rings (SSSR count). The van der Waals surface area contributed by atoms with Crippen LogP contribution in [0.1, 0.15) is 44.6 Å². The van der Waals surface area contributed by atoms with E-state index in [0.717, 1.165) is 18.4 Å². The summed E-state index contributed by atoms with van der Waals surface area (Å²) >= 11 is 12.2. The van der Waals surface area contributed by atoms with Gasteiger partial charge >= 0.3 is 0 Å². The lowest BCUT2D eigenvalue weighted by Gasteiger charge is -2.29. The van der Waals surface area contributed by atoms with Crippen LogP contribution in [0, 0.1) is 0 Å². The summed E-state index contributed by atoms with van der Waals surface area (Å²) < 4.78 is 27.2. The lowest BCUT2D eigenvalue weighted by molar-refractivity contribution is -0.142. The zero-order valence-corrected chi connectivity index (χ0v) is 24.1. The minimum Gasteiger partial charge on any atom is -0.347 e. The van der Waals surface area contributed by atoms with E-state index >= 15 is 0 Å². The number of amides is 3. The van der Waals surface area contributed by atoms with Gasteiger partial charge in [-0.3, -0.25) is 19.2 Å². The van der Waals surface area contributed by atoms with Crippen LogP contribution in [0.2, 0.25) is 10.0 Å². The largest absolute Gasteiger partial charge is 0.347 e. The van der Waals surface area contributed by atoms with Gasteiger partial charge in [0.05, 0.1) is 26.6 Å². The molecule has 2 aromatic rings. The number of rotatable bonds is 9. The molecule has 2 aliphatic carbocycles. The van der Waals surface area contributed by atoms with Gasteiger partial charge in [0.25, 0.3) is 5.91 Å². The van der Waals surface area contributed by atoms with E-state index in [4.69, 9.17) is 23.2 Å². The highest BCUT2D eigenvalue weighted by atomic mass is 35.5. The van der Waals surface area contributed by atoms with Crippen LogP contribution in [0.4, 0.5) is 0 Å². The average Bonchev–Trinajstić information content (AvgIpc) is 3.86. The van der Waals surface area contributed by atoms with E-state index in [-0.39, 0.29) is 34.8 Å². The third-order valence-electron chi connectivity index (χ3n) is 7.85. The van der Waals surface area contributed by atoms with E-state index in [2.05, 4.69) is 10.6 Å². The molecule has 1 aliphatic heterocycles. The van der Waals surface area contributed by atoms with E-state index in [0.29, 0.717) is 17.9 Å². The summed E-state index contributed by atoms with van der Waals surface area (Å²) in [5.41, 5.74) is -0.156. The molecule has 3 atom stereocenters. The van der Waals surface area contributed by atoms with Crippen molar-refractivity contribution in [2.45, 2.75) is 72.7 Å². The van der Waals surface area contributed by atoms with Gasteiger partial charge in [-0.05, 0) is 68.9 Å². The quantitative estimate of drug-likeness (QED) is 0.423. The van der Waals surface area contributed by atoms with Crippen LogP contribution in [0.15, 0.2) is 53.4 Å². The second kappa shape index (κ2) is 10.8. The predicted molar refractivity (Wildman–Crippen MR) is 149 cm³/mol. The molecule has 1 unspecified atom stereocenters. The SMILES string of the molecule is CC(NC(=O)[C@@H]1C[C@@H](S(=O)(=O)c2ccccc2Cl)CN1C(=O)C1(c2ccc(Cl)cc2)CC1)C(=O)C(=O)NC1CC1. The Bertz CT molecular complexity index is 1470. The first kappa shape index (κ1) is 28.6. The third-order valence-corrected chi connectivity index (χ3v) is 10.7. The molecule has 40 heavy (non-hydrogen) atoms. The number of ketones is 1. The highest BCUT2D eigenvalue weighted by Gasteiger charge is 2.57. The van der Waals surface area contributed by atoms with Crippen molar-refractivity contribution in [3.8, 4) is 0 Å². The maximum Gasteiger partial charge on any atom is 0.289 e. The minimum absolute atomic E-state index is 0.0272. The normalized spacial score (nSPS) is 22.3. The Hall–Kier alpha value is -2.95. The van der Waals surface area contributed by atoms with E-state index in [1.807, 2.05) is 0 Å². The molecule has 2 aromatic carbocycles. The van der Waals surface area contributed by atoms with Gasteiger partial charge in [0.2, 0.25) is 17.6 Å². The van der Waals surface area contributed by atoms with E-state index in [9.17, 15) is 27.6 Å². The Morgan fingerprint density at radius 2 is 1.65 bits per heavy atom. The van der Waals surface area contributed by atoms with Crippen molar-refractivity contribution in [2.75, 3.05) is 6.54 Å². The number of sulfone groups is 1. The number of benzene rings is 2. The van der Waals surface area contributed by atoms with Crippen LogP contribution in [0.5, 0.6) is 0 Å². The van der Waals surface area contributed by atoms with E-state index < -0.39 is 50.2 Å². The number of hydrogen-bond donors (Lipinski definition) is 2. The van der Waals surface area contributed by atoms with E-state index in [1.165, 1.54) is 24.0 Å². The number of halogens is 2. The van der Waals surface area contributed by atoms with Crippen LogP contribution in [0.25, 0.3) is 0 Å². The first-order valence-electron chi connectivity index (χ1n) is 13.1. The summed E-state index contributed by atoms with van der Waals surface area (Å²) in [6.07, 6.45) is 2.50. The smallest absolute Gasteiger partial charge is 0.289 e. The monoisotopic (exact) mass is 605 g/mol. The number of carbonyl (C=O) groups is 4. The average molecular weight is 607 g/mol. The molecule has 0 radical (unpaired) electrons. The zero-order valence-electron chi connectivity index (χ0n) is 21.7. The summed E-state index contributed by atoms with van der Waals surface area (Å²) in [7, 11) is -4.02. The van der Waals surface area contributed by atoms with Crippen LogP contribution in [-0.4, -0.2) is 66.7 Å². The Morgan fingerprint density at radius 1 is 1.00 bits per heavy atom. The lowest BCUT2D eigenvalue weighted by Crippen LogP contribution is -2.53. The Kier molecular flexibility index (Phi) is 7.71. The zero-order chi connectivity index (χ0) is 28.8. The van der Waals surface area contributed by atoms with E-state index in [1.54, 1.807) is 36.4 Å². The molecule has 2 saturated carbocycles. The number of carbonyl (C=O) groups excluding carboxylic acids is 4. The molecule has 9 nitrogen and oxygen atoms in total. The van der Waals surface area contributed by atoms with Gasteiger partial charge < -0.3 is 15.5 Å². The maximum absolute atomic E-state index is 14.0. The maximum atomic E-state index is 14.0. The highest BCUT2D eigenvalue weighted by Crippen LogP contribution is 2.51. The van der Waals surface area contributed by atoms with Crippen molar-refractivity contribution < 1.29 is 27.6 Å². The van der Waals surface area contributed by atoms with Gasteiger partial charge in [-0.15, -0.1) is 0 Å². The number of nitrogens with zero attached hydrogens (tertiary/aromatic N) is 1. The molecule has 3 aliphatic rings. The van der Waals surface area contributed by atoms with Gasteiger partial charge in [-0.25, -0.2) is 8.42 Å². The van der Waals surface area contributed by atoms with Gasteiger partial charge in [0.15, 0.2) is 9.84 Å².